The average molecular weight is 370 g/mol. The maximum Gasteiger partial charge on any atom is 0.138 e. The second-order valence-electron chi connectivity index (χ2n) is 10.1. The maximum atomic E-state index is 12.1. The summed E-state index contributed by atoms with van der Waals surface area (Å²) in [5, 5.41) is 0. The number of Topliss-reactive ketones (excluding diaryl/α,β-unsaturated/α-hetero) is 1. The van der Waals surface area contributed by atoms with E-state index < -0.39 is 0 Å². The van der Waals surface area contributed by atoms with E-state index in [-0.39, 0.29) is 5.92 Å². The molecular weight excluding hydrogens is 334 g/mol. The fraction of sp³-hybridized carbons (Fsp3) is 0.783. The first kappa shape index (κ1) is 19.0. The molecule has 1 aromatic heterocycles. The molecule has 1 saturated heterocycles. The lowest BCUT2D eigenvalue weighted by atomic mass is 9.48. The zero-order valence-electron chi connectivity index (χ0n) is 17.4. The van der Waals surface area contributed by atoms with E-state index in [1.54, 1.807) is 0 Å². The van der Waals surface area contributed by atoms with Crippen LogP contribution >= 0.6 is 0 Å². The summed E-state index contributed by atoms with van der Waals surface area (Å²) in [7, 11) is 0. The molecule has 27 heavy (non-hydrogen) atoms. The number of likely N-dealkylation sites (tertiary alicyclic amines) is 1. The molecule has 1 aromatic rings. The Kier molecular flexibility index (Phi) is 5.13. The molecule has 3 fully saturated rings. The highest BCUT2D eigenvalue weighted by molar-refractivity contribution is 5.83. The fourth-order valence-corrected chi connectivity index (χ4v) is 5.64. The Morgan fingerprint density at radius 1 is 1.04 bits per heavy atom. The Morgan fingerprint density at radius 2 is 1.63 bits per heavy atom. The van der Waals surface area contributed by atoms with Crippen molar-refractivity contribution >= 4 is 5.78 Å². The van der Waals surface area contributed by atoms with E-state index in [0.29, 0.717) is 29.0 Å². The van der Waals surface area contributed by atoms with Crippen LogP contribution < -0.4 is 0 Å². The molecule has 0 radical (unpaired) electrons. The first-order chi connectivity index (χ1) is 12.9. The number of piperidine rings is 1. The minimum atomic E-state index is 0.209. The molecule has 3 aliphatic rings. The molecule has 2 heterocycles. The number of hydrogen-bond donors (Lipinski definition) is 0. The number of carbonyl (C=O) groups excluding carboxylic acids is 1. The van der Waals surface area contributed by atoms with Crippen molar-refractivity contribution in [2.24, 2.45) is 17.3 Å². The first-order valence-electron chi connectivity index (χ1n) is 11.0. The lowest BCUT2D eigenvalue weighted by molar-refractivity contribution is -0.144. The molecule has 4 nitrogen and oxygen atoms in total. The van der Waals surface area contributed by atoms with Gasteiger partial charge in [-0.25, -0.2) is 9.97 Å². The molecule has 2 aliphatic carbocycles. The molecule has 4 rings (SSSR count). The van der Waals surface area contributed by atoms with E-state index >= 15 is 0 Å². The molecule has 148 valence electrons. The monoisotopic (exact) mass is 369 g/mol. The molecule has 0 unspecified atom stereocenters. The van der Waals surface area contributed by atoms with Gasteiger partial charge in [0.1, 0.15) is 11.6 Å². The molecule has 0 bridgehead atoms. The van der Waals surface area contributed by atoms with Gasteiger partial charge < -0.3 is 4.90 Å². The van der Waals surface area contributed by atoms with Crippen LogP contribution in [0.1, 0.15) is 89.4 Å². The highest BCUT2D eigenvalue weighted by Crippen LogP contribution is 2.60. The van der Waals surface area contributed by atoms with E-state index in [2.05, 4.69) is 41.1 Å². The third kappa shape index (κ3) is 3.70. The normalized spacial score (nSPS) is 31.9. The lowest BCUT2D eigenvalue weighted by Gasteiger charge is -2.60. The quantitative estimate of drug-likeness (QED) is 0.763. The predicted octanol–water partition coefficient (Wildman–Crippen LogP) is 4.56. The van der Waals surface area contributed by atoms with Gasteiger partial charge in [0.05, 0.1) is 0 Å². The minimum absolute atomic E-state index is 0.209. The summed E-state index contributed by atoms with van der Waals surface area (Å²) in [4.78, 5) is 24.0. The third-order valence-electron chi connectivity index (χ3n) is 7.39. The first-order valence-corrected chi connectivity index (χ1v) is 11.0. The van der Waals surface area contributed by atoms with Gasteiger partial charge in [-0.1, -0.05) is 27.7 Å². The largest absolute Gasteiger partial charge is 0.300 e. The summed E-state index contributed by atoms with van der Waals surface area (Å²) in [6.45, 7) is 10.8. The van der Waals surface area contributed by atoms with Crippen molar-refractivity contribution < 1.29 is 4.79 Å². The Morgan fingerprint density at radius 3 is 2.15 bits per heavy atom. The smallest absolute Gasteiger partial charge is 0.138 e. The van der Waals surface area contributed by atoms with E-state index in [9.17, 15) is 4.79 Å². The van der Waals surface area contributed by atoms with Gasteiger partial charge in [0, 0.05) is 36.2 Å². The summed E-state index contributed by atoms with van der Waals surface area (Å²) in [5.41, 5.74) is 1.84. The van der Waals surface area contributed by atoms with E-state index in [4.69, 9.17) is 0 Å². The van der Waals surface area contributed by atoms with Gasteiger partial charge in [-0.2, -0.15) is 0 Å². The zero-order valence-corrected chi connectivity index (χ0v) is 17.4. The maximum absolute atomic E-state index is 12.1. The number of ketones is 1. The van der Waals surface area contributed by atoms with Gasteiger partial charge in [-0.15, -0.1) is 0 Å². The van der Waals surface area contributed by atoms with Crippen molar-refractivity contribution in [1.29, 1.82) is 0 Å². The highest BCUT2D eigenvalue weighted by atomic mass is 16.1. The molecule has 1 spiro atoms. The number of nitrogens with zero attached hydrogens (tertiary/aromatic N) is 3. The van der Waals surface area contributed by atoms with Crippen LogP contribution in [0.15, 0.2) is 12.4 Å². The minimum Gasteiger partial charge on any atom is -0.300 e. The van der Waals surface area contributed by atoms with Crippen molar-refractivity contribution in [3.8, 4) is 0 Å². The molecular formula is C23H35N3O. The standard InChI is InChI=1S/C23H35N3O/c1-15(2)21(27)18-9-23(10-18)11-20(12-23)26-7-5-17(6-8-26)19-13-24-22(16(3)4)25-14-19/h13-18,20H,5-12H2,1-4H3/t18-,20-,23?. The summed E-state index contributed by atoms with van der Waals surface area (Å²) in [6, 6.07) is 0.764. The Hall–Kier alpha value is -1.29. The fourth-order valence-electron chi connectivity index (χ4n) is 5.64. The van der Waals surface area contributed by atoms with Crippen molar-refractivity contribution in [2.75, 3.05) is 13.1 Å². The van der Waals surface area contributed by atoms with E-state index in [0.717, 1.165) is 24.7 Å². The van der Waals surface area contributed by atoms with Gasteiger partial charge in [-0.3, -0.25) is 4.79 Å². The number of aromatic nitrogens is 2. The van der Waals surface area contributed by atoms with Gasteiger partial charge >= 0.3 is 0 Å². The molecule has 2 saturated carbocycles. The summed E-state index contributed by atoms with van der Waals surface area (Å²) >= 11 is 0. The number of carbonyl (C=O) groups is 1. The average Bonchev–Trinajstić information content (AvgIpc) is 2.59. The van der Waals surface area contributed by atoms with Crippen LogP contribution in [-0.4, -0.2) is 39.8 Å². The molecule has 1 aliphatic heterocycles. The molecule has 0 aromatic carbocycles. The molecule has 4 heteroatoms. The van der Waals surface area contributed by atoms with Gasteiger partial charge in [0.2, 0.25) is 0 Å². The summed E-state index contributed by atoms with van der Waals surface area (Å²) < 4.78 is 0. The second kappa shape index (κ2) is 7.27. The second-order valence-corrected chi connectivity index (χ2v) is 10.1. The third-order valence-corrected chi connectivity index (χ3v) is 7.39. The van der Waals surface area contributed by atoms with Gasteiger partial charge in [-0.05, 0) is 68.5 Å². The van der Waals surface area contributed by atoms with Crippen molar-refractivity contribution in [3.05, 3.63) is 23.8 Å². The number of hydrogen-bond acceptors (Lipinski definition) is 4. The molecule has 0 amide bonds. The highest BCUT2D eigenvalue weighted by Gasteiger charge is 2.55. The SMILES string of the molecule is CC(C)c1ncc(C2CCN([C@H]3CC4(C[C@H](C(=O)C(C)C)C4)C3)CC2)cn1. The molecule has 0 atom stereocenters. The predicted molar refractivity (Wildman–Crippen MR) is 108 cm³/mol. The van der Waals surface area contributed by atoms with E-state index in [1.807, 2.05) is 13.8 Å². The topological polar surface area (TPSA) is 46.1 Å². The molecule has 0 N–H and O–H groups in total. The van der Waals surface area contributed by atoms with E-state index in [1.165, 1.54) is 44.3 Å². The van der Waals surface area contributed by atoms with Crippen molar-refractivity contribution in [2.45, 2.75) is 84.1 Å². The van der Waals surface area contributed by atoms with Crippen LogP contribution in [0, 0.1) is 17.3 Å². The number of rotatable bonds is 5. The van der Waals surface area contributed by atoms with Crippen LogP contribution in [0.25, 0.3) is 0 Å². The van der Waals surface area contributed by atoms with Crippen molar-refractivity contribution in [3.63, 3.8) is 0 Å². The lowest BCUT2D eigenvalue weighted by Crippen LogP contribution is -2.58. The Balaban J connectivity index is 1.23. The van der Waals surface area contributed by atoms with Crippen molar-refractivity contribution in [1.82, 2.24) is 14.9 Å². The van der Waals surface area contributed by atoms with Crippen LogP contribution in [0.2, 0.25) is 0 Å². The Labute approximate surface area is 164 Å². The summed E-state index contributed by atoms with van der Waals surface area (Å²) in [6.07, 6.45) is 11.5. The van der Waals surface area contributed by atoms with Gasteiger partial charge in [0.25, 0.3) is 0 Å². The zero-order chi connectivity index (χ0) is 19.2. The Bertz CT molecular complexity index is 659. The van der Waals surface area contributed by atoms with Crippen LogP contribution in [-0.2, 0) is 4.79 Å². The summed E-state index contributed by atoms with van der Waals surface area (Å²) in [5.74, 6) is 3.04. The van der Waals surface area contributed by atoms with Gasteiger partial charge in [0.15, 0.2) is 0 Å². The van der Waals surface area contributed by atoms with Crippen LogP contribution in [0.4, 0.5) is 0 Å². The van der Waals surface area contributed by atoms with Crippen LogP contribution in [0.3, 0.4) is 0 Å². The van der Waals surface area contributed by atoms with Crippen LogP contribution in [0.5, 0.6) is 0 Å².